The highest BCUT2D eigenvalue weighted by molar-refractivity contribution is 5.95. The molecular weight excluding hydrogens is 366 g/mol. The summed E-state index contributed by atoms with van der Waals surface area (Å²) in [6.45, 7) is -0.589. The molecule has 0 aliphatic heterocycles. The smallest absolute Gasteiger partial charge is 0.323 e. The van der Waals surface area contributed by atoms with Crippen LogP contribution in [0.15, 0.2) is 77.6 Å². The van der Waals surface area contributed by atoms with Gasteiger partial charge >= 0.3 is 5.97 Å². The van der Waals surface area contributed by atoms with Gasteiger partial charge in [0.1, 0.15) is 24.0 Å². The number of aromatic nitrogens is 2. The molecule has 6 heteroatoms. The molecule has 1 aromatic heterocycles. The summed E-state index contributed by atoms with van der Waals surface area (Å²) in [5.41, 5.74) is 0.629. The van der Waals surface area contributed by atoms with Crippen LogP contribution in [0.3, 0.4) is 0 Å². The number of hydrogen-bond donors (Lipinski definition) is 1. The second kappa shape index (κ2) is 7.41. The van der Waals surface area contributed by atoms with Gasteiger partial charge in [-0.15, -0.1) is 0 Å². The number of carboxylic acids is 1. The van der Waals surface area contributed by atoms with Crippen molar-refractivity contribution in [2.75, 3.05) is 0 Å². The molecule has 6 nitrogen and oxygen atoms in total. The Kier molecular flexibility index (Phi) is 4.63. The summed E-state index contributed by atoms with van der Waals surface area (Å²) in [7, 11) is 0. The fourth-order valence-corrected chi connectivity index (χ4v) is 3.37. The Hall–Kier alpha value is -4.24. The van der Waals surface area contributed by atoms with E-state index in [4.69, 9.17) is 0 Å². The number of carboxylic acid groups (broad SMARTS) is 1. The van der Waals surface area contributed by atoms with Crippen molar-refractivity contribution in [1.29, 1.82) is 5.26 Å². The Bertz CT molecular complexity index is 1330. The van der Waals surface area contributed by atoms with Crippen LogP contribution in [0.2, 0.25) is 0 Å². The Labute approximate surface area is 165 Å². The Balaban J connectivity index is 2.12. The first-order valence-corrected chi connectivity index (χ1v) is 8.90. The van der Waals surface area contributed by atoms with Crippen LogP contribution < -0.4 is 5.56 Å². The fourth-order valence-electron chi connectivity index (χ4n) is 3.37. The summed E-state index contributed by atoms with van der Waals surface area (Å²) in [5.74, 6) is -0.973. The molecule has 0 saturated carbocycles. The van der Waals surface area contributed by atoms with Crippen LogP contribution in [0.25, 0.3) is 33.4 Å². The third kappa shape index (κ3) is 3.26. The molecule has 3 aromatic carbocycles. The Morgan fingerprint density at radius 3 is 2.41 bits per heavy atom. The SMILES string of the molecule is N#Cc1c(-c2ccccc2)nc(-c2cccc3ccccc23)n(CC(=O)O)c1=O. The summed E-state index contributed by atoms with van der Waals surface area (Å²) < 4.78 is 1.05. The molecule has 1 N–H and O–H groups in total. The highest BCUT2D eigenvalue weighted by Gasteiger charge is 2.21. The van der Waals surface area contributed by atoms with Crippen LogP contribution in [-0.2, 0) is 11.3 Å². The monoisotopic (exact) mass is 381 g/mol. The summed E-state index contributed by atoms with van der Waals surface area (Å²) >= 11 is 0. The average Bonchev–Trinajstić information content (AvgIpc) is 2.75. The number of carbonyl (C=O) groups is 1. The predicted octanol–water partition coefficient (Wildman–Crippen LogP) is 3.69. The van der Waals surface area contributed by atoms with Crippen molar-refractivity contribution in [2.24, 2.45) is 0 Å². The van der Waals surface area contributed by atoms with Gasteiger partial charge < -0.3 is 5.11 Å². The molecule has 0 saturated heterocycles. The molecule has 0 atom stereocenters. The molecule has 1 heterocycles. The van der Waals surface area contributed by atoms with Crippen LogP contribution in [0.1, 0.15) is 5.56 Å². The summed E-state index contributed by atoms with van der Waals surface area (Å²) in [6.07, 6.45) is 0. The lowest BCUT2D eigenvalue weighted by atomic mass is 10.0. The number of benzene rings is 3. The first-order chi connectivity index (χ1) is 14.1. The van der Waals surface area contributed by atoms with E-state index in [1.165, 1.54) is 0 Å². The third-order valence-electron chi connectivity index (χ3n) is 4.65. The van der Waals surface area contributed by atoms with Crippen molar-refractivity contribution in [2.45, 2.75) is 6.54 Å². The molecule has 0 amide bonds. The number of nitriles is 1. The topological polar surface area (TPSA) is 96.0 Å². The molecule has 0 fully saturated rings. The second-order valence-corrected chi connectivity index (χ2v) is 6.45. The van der Waals surface area contributed by atoms with Crippen molar-refractivity contribution < 1.29 is 9.90 Å². The highest BCUT2D eigenvalue weighted by Crippen LogP contribution is 2.29. The van der Waals surface area contributed by atoms with E-state index in [1.807, 2.05) is 48.5 Å². The molecule has 0 radical (unpaired) electrons. The molecular formula is C23H15N3O3. The zero-order valence-corrected chi connectivity index (χ0v) is 15.2. The quantitative estimate of drug-likeness (QED) is 0.582. The van der Waals surface area contributed by atoms with E-state index >= 15 is 0 Å². The number of hydrogen-bond acceptors (Lipinski definition) is 4. The number of fused-ring (bicyclic) bond motifs is 1. The van der Waals surface area contributed by atoms with Gasteiger partial charge in [0.15, 0.2) is 0 Å². The number of rotatable bonds is 4. The minimum Gasteiger partial charge on any atom is -0.480 e. The maximum atomic E-state index is 13.1. The summed E-state index contributed by atoms with van der Waals surface area (Å²) in [4.78, 5) is 29.2. The van der Waals surface area contributed by atoms with E-state index in [1.54, 1.807) is 30.3 Å². The van der Waals surface area contributed by atoms with Crippen molar-refractivity contribution in [3.8, 4) is 28.7 Å². The molecule has 0 spiro atoms. The maximum Gasteiger partial charge on any atom is 0.323 e. The van der Waals surface area contributed by atoms with Gasteiger partial charge in [-0.3, -0.25) is 14.2 Å². The molecule has 29 heavy (non-hydrogen) atoms. The normalized spacial score (nSPS) is 10.6. The first kappa shape index (κ1) is 18.1. The van der Waals surface area contributed by atoms with Crippen molar-refractivity contribution >= 4 is 16.7 Å². The third-order valence-corrected chi connectivity index (χ3v) is 4.65. The van der Waals surface area contributed by atoms with Crippen LogP contribution in [-0.4, -0.2) is 20.6 Å². The van der Waals surface area contributed by atoms with Gasteiger partial charge in [0.05, 0.1) is 5.69 Å². The average molecular weight is 381 g/mol. The lowest BCUT2D eigenvalue weighted by Crippen LogP contribution is -2.29. The van der Waals surface area contributed by atoms with Gasteiger partial charge in [-0.25, -0.2) is 4.98 Å². The fraction of sp³-hybridized carbons (Fsp3) is 0.0435. The molecule has 4 rings (SSSR count). The maximum absolute atomic E-state index is 13.1. The predicted molar refractivity (Wildman–Crippen MR) is 109 cm³/mol. The van der Waals surface area contributed by atoms with Crippen molar-refractivity contribution in [3.63, 3.8) is 0 Å². The molecule has 4 aromatic rings. The minimum atomic E-state index is -1.19. The largest absolute Gasteiger partial charge is 0.480 e. The van der Waals surface area contributed by atoms with Gasteiger partial charge in [-0.05, 0) is 10.8 Å². The van der Waals surface area contributed by atoms with Crippen LogP contribution in [0.5, 0.6) is 0 Å². The molecule has 0 aliphatic carbocycles. The second-order valence-electron chi connectivity index (χ2n) is 6.45. The van der Waals surface area contributed by atoms with E-state index in [0.717, 1.165) is 15.3 Å². The number of nitrogens with zero attached hydrogens (tertiary/aromatic N) is 3. The van der Waals surface area contributed by atoms with Crippen molar-refractivity contribution in [3.05, 3.63) is 88.7 Å². The molecule has 0 aliphatic rings. The van der Waals surface area contributed by atoms with Crippen LogP contribution in [0.4, 0.5) is 0 Å². The summed E-state index contributed by atoms with van der Waals surface area (Å²) in [6, 6.07) is 24.0. The van der Waals surface area contributed by atoms with Gasteiger partial charge in [-0.2, -0.15) is 5.26 Å². The number of aliphatic carboxylic acids is 1. The van der Waals surface area contributed by atoms with E-state index < -0.39 is 18.1 Å². The van der Waals surface area contributed by atoms with E-state index in [-0.39, 0.29) is 17.1 Å². The van der Waals surface area contributed by atoms with Crippen molar-refractivity contribution in [1.82, 2.24) is 9.55 Å². The van der Waals surface area contributed by atoms with E-state index in [2.05, 4.69) is 4.98 Å². The zero-order chi connectivity index (χ0) is 20.4. The molecule has 0 bridgehead atoms. The van der Waals surface area contributed by atoms with Crippen LogP contribution in [0, 0.1) is 11.3 Å². The lowest BCUT2D eigenvalue weighted by molar-refractivity contribution is -0.137. The highest BCUT2D eigenvalue weighted by atomic mass is 16.4. The Morgan fingerprint density at radius 2 is 1.69 bits per heavy atom. The first-order valence-electron chi connectivity index (χ1n) is 8.90. The van der Waals surface area contributed by atoms with E-state index in [0.29, 0.717) is 11.1 Å². The summed E-state index contributed by atoms with van der Waals surface area (Å²) in [5, 5.41) is 20.7. The zero-order valence-electron chi connectivity index (χ0n) is 15.2. The molecule has 0 unspecified atom stereocenters. The van der Waals surface area contributed by atoms with Gasteiger partial charge in [-0.1, -0.05) is 72.8 Å². The standard InChI is InChI=1S/C23H15N3O3/c24-13-19-21(16-8-2-1-3-9-16)25-22(26(23(19)29)14-20(27)28)18-12-6-10-15-7-4-5-11-17(15)18/h1-12H,14H2,(H,27,28). The van der Waals surface area contributed by atoms with Gasteiger partial charge in [0.2, 0.25) is 0 Å². The van der Waals surface area contributed by atoms with E-state index in [9.17, 15) is 20.0 Å². The minimum absolute atomic E-state index is 0.179. The van der Waals surface area contributed by atoms with Crippen LogP contribution >= 0.6 is 0 Å². The van der Waals surface area contributed by atoms with Gasteiger partial charge in [0.25, 0.3) is 5.56 Å². The Morgan fingerprint density at radius 1 is 1.00 bits per heavy atom. The molecule has 140 valence electrons. The van der Waals surface area contributed by atoms with Gasteiger partial charge in [0, 0.05) is 11.1 Å². The lowest BCUT2D eigenvalue weighted by Gasteiger charge is -2.15.